The van der Waals surface area contributed by atoms with Crippen molar-refractivity contribution in [2.45, 2.75) is 0 Å². The maximum atomic E-state index is 9.99. The van der Waals surface area contributed by atoms with Gasteiger partial charge >= 0.3 is 0 Å². The lowest BCUT2D eigenvalue weighted by Crippen LogP contribution is -2.11. The smallest absolute Gasteiger partial charge is 0.0651 e. The van der Waals surface area contributed by atoms with Crippen LogP contribution in [0, 0.1) is 0 Å². The standard InChI is InChI=1S/C56H39N/c1-4-15-40(16-5-1)49-32-36-55(54(39-49)42-18-6-2-7-19-42)57(51-25-14-24-47(38-51)48-28-27-41-17-10-11-23-46(41)37-48)50-33-29-44(30-34-50)53-35-31-43-20-12-13-26-52(43)56(53)45-21-8-3-9-22-45/h1-39H/i14D,24D,25D,32D,36D,38D,39D. The molecule has 0 amide bonds. The number of fused-ring (bicyclic) bond motifs is 2. The van der Waals surface area contributed by atoms with Crippen LogP contribution in [0.3, 0.4) is 0 Å². The second-order valence-electron chi connectivity index (χ2n) is 13.9. The van der Waals surface area contributed by atoms with Crippen molar-refractivity contribution in [2.24, 2.45) is 0 Å². The third kappa shape index (κ3) is 6.66. The molecule has 1 nitrogen and oxygen atoms in total. The Balaban J connectivity index is 1.27. The van der Waals surface area contributed by atoms with Crippen LogP contribution in [0.1, 0.15) is 9.60 Å². The number of hydrogen-bond acceptors (Lipinski definition) is 1. The molecule has 0 unspecified atom stereocenters. The van der Waals surface area contributed by atoms with Crippen LogP contribution in [-0.2, 0) is 0 Å². The Hall–Kier alpha value is -7.48. The van der Waals surface area contributed by atoms with Crippen molar-refractivity contribution < 1.29 is 9.60 Å². The molecule has 0 heterocycles. The molecule has 0 N–H and O–H groups in total. The van der Waals surface area contributed by atoms with Crippen LogP contribution < -0.4 is 4.90 Å². The first-order chi connectivity index (χ1) is 31.2. The first kappa shape index (κ1) is 27.2. The summed E-state index contributed by atoms with van der Waals surface area (Å²) in [4.78, 5) is 1.60. The molecule has 0 spiro atoms. The minimum atomic E-state index is -0.384. The first-order valence-corrected chi connectivity index (χ1v) is 19.0. The lowest BCUT2D eigenvalue weighted by molar-refractivity contribution is 1.28. The molecule has 0 aliphatic carbocycles. The number of hydrogen-bond donors (Lipinski definition) is 0. The van der Waals surface area contributed by atoms with Gasteiger partial charge in [0.25, 0.3) is 0 Å². The van der Waals surface area contributed by atoms with Gasteiger partial charge in [0.2, 0.25) is 0 Å². The number of benzene rings is 10. The molecule has 0 fully saturated rings. The lowest BCUT2D eigenvalue weighted by Gasteiger charge is -2.29. The Labute approximate surface area is 344 Å². The van der Waals surface area contributed by atoms with Crippen LogP contribution in [0.4, 0.5) is 17.1 Å². The molecule has 10 aromatic carbocycles. The van der Waals surface area contributed by atoms with Crippen molar-refractivity contribution in [2.75, 3.05) is 4.90 Å². The topological polar surface area (TPSA) is 3.24 Å². The molecular weight excluding hydrogens is 687 g/mol. The maximum Gasteiger partial charge on any atom is 0.0651 e. The van der Waals surface area contributed by atoms with Gasteiger partial charge in [-0.3, -0.25) is 0 Å². The van der Waals surface area contributed by atoms with E-state index in [4.69, 9.17) is 0 Å². The van der Waals surface area contributed by atoms with E-state index < -0.39 is 0 Å². The zero-order chi connectivity index (χ0) is 44.1. The highest BCUT2D eigenvalue weighted by atomic mass is 15.1. The third-order valence-corrected chi connectivity index (χ3v) is 10.4. The molecule has 10 rings (SSSR count). The highest BCUT2D eigenvalue weighted by molar-refractivity contribution is 6.04. The average molecular weight is 733 g/mol. The summed E-state index contributed by atoms with van der Waals surface area (Å²) in [5, 5.41) is 4.09. The Morgan fingerprint density at radius 2 is 0.912 bits per heavy atom. The number of anilines is 3. The van der Waals surface area contributed by atoms with E-state index in [0.29, 0.717) is 27.9 Å². The van der Waals surface area contributed by atoms with Crippen LogP contribution in [0.2, 0.25) is 0 Å². The van der Waals surface area contributed by atoms with Crippen LogP contribution in [0.5, 0.6) is 0 Å². The summed E-state index contributed by atoms with van der Waals surface area (Å²) >= 11 is 0. The summed E-state index contributed by atoms with van der Waals surface area (Å²) in [7, 11) is 0. The Bertz CT molecular complexity index is 3390. The van der Waals surface area contributed by atoms with Crippen LogP contribution in [-0.4, -0.2) is 0 Å². The van der Waals surface area contributed by atoms with E-state index in [0.717, 1.165) is 43.8 Å². The molecule has 0 saturated carbocycles. The van der Waals surface area contributed by atoms with Gasteiger partial charge in [0.15, 0.2) is 0 Å². The van der Waals surface area contributed by atoms with E-state index in [9.17, 15) is 9.60 Å². The predicted octanol–water partition coefficient (Wildman–Crippen LogP) is 15.8. The van der Waals surface area contributed by atoms with Gasteiger partial charge < -0.3 is 4.90 Å². The SMILES string of the molecule is [2H]c1c([2H])c(-c2ccc3ccccc3c2)c([2H])c(N(c2ccc(-c3ccc4ccccc4c3-c3ccccc3)cc2)c2c([2H])c([2H])c(-c3ccccc3)c([2H])c2-c2ccccc2)c1[2H]. The third-order valence-electron chi connectivity index (χ3n) is 10.4. The largest absolute Gasteiger partial charge is 0.310 e. The fraction of sp³-hybridized carbons (Fsp3) is 0. The second kappa shape index (κ2) is 15.0. The quantitative estimate of drug-likeness (QED) is 0.150. The summed E-state index contributed by atoms with van der Waals surface area (Å²) in [5.41, 5.74) is 7.11. The van der Waals surface area contributed by atoms with Gasteiger partial charge in [-0.1, -0.05) is 194 Å². The second-order valence-corrected chi connectivity index (χ2v) is 13.9. The van der Waals surface area contributed by atoms with Crippen molar-refractivity contribution in [1.82, 2.24) is 0 Å². The molecule has 0 aliphatic rings. The molecule has 268 valence electrons. The number of rotatable bonds is 8. The highest BCUT2D eigenvalue weighted by Gasteiger charge is 2.20. The number of nitrogens with zero attached hydrogens (tertiary/aromatic N) is 1. The van der Waals surface area contributed by atoms with E-state index in [1.807, 2.05) is 158 Å². The van der Waals surface area contributed by atoms with Crippen molar-refractivity contribution in [3.63, 3.8) is 0 Å². The lowest BCUT2D eigenvalue weighted by atomic mass is 9.89. The van der Waals surface area contributed by atoms with Gasteiger partial charge in [0.05, 0.1) is 15.3 Å². The Kier molecular flexibility index (Phi) is 7.14. The van der Waals surface area contributed by atoms with E-state index in [2.05, 4.69) is 36.4 Å². The van der Waals surface area contributed by atoms with Crippen molar-refractivity contribution in [1.29, 1.82) is 0 Å². The highest BCUT2D eigenvalue weighted by Crippen LogP contribution is 2.45. The summed E-state index contributed by atoms with van der Waals surface area (Å²) in [5.74, 6) is 0. The summed E-state index contributed by atoms with van der Waals surface area (Å²) in [6.45, 7) is 0. The van der Waals surface area contributed by atoms with Gasteiger partial charge in [-0.2, -0.15) is 0 Å². The van der Waals surface area contributed by atoms with Crippen LogP contribution in [0.25, 0.3) is 77.2 Å². The van der Waals surface area contributed by atoms with Crippen molar-refractivity contribution >= 4 is 38.6 Å². The van der Waals surface area contributed by atoms with Crippen LogP contribution in [0.15, 0.2) is 236 Å². The van der Waals surface area contributed by atoms with E-state index in [1.165, 1.54) is 0 Å². The van der Waals surface area contributed by atoms with Gasteiger partial charge in [-0.15, -0.1) is 0 Å². The normalized spacial score (nSPS) is 12.9. The van der Waals surface area contributed by atoms with Gasteiger partial charge in [0.1, 0.15) is 0 Å². The maximum absolute atomic E-state index is 9.99. The van der Waals surface area contributed by atoms with Gasteiger partial charge in [-0.05, 0) is 114 Å². The van der Waals surface area contributed by atoms with E-state index in [-0.39, 0.29) is 64.8 Å². The predicted molar refractivity (Wildman–Crippen MR) is 243 cm³/mol. The molecule has 10 aromatic rings. The molecule has 0 bridgehead atoms. The Morgan fingerprint density at radius 3 is 1.67 bits per heavy atom. The molecule has 1 heteroatoms. The average Bonchev–Trinajstić information content (AvgIpc) is 3.34. The molecular formula is C56H39N. The summed E-state index contributed by atoms with van der Waals surface area (Å²) in [6.07, 6.45) is 0. The van der Waals surface area contributed by atoms with Crippen molar-refractivity contribution in [3.8, 4) is 55.6 Å². The fourth-order valence-corrected chi connectivity index (χ4v) is 7.65. The first-order valence-electron chi connectivity index (χ1n) is 22.5. The van der Waals surface area contributed by atoms with Gasteiger partial charge in [0, 0.05) is 16.9 Å². The van der Waals surface area contributed by atoms with Crippen molar-refractivity contribution in [3.05, 3.63) is 236 Å². The molecule has 0 aliphatic heterocycles. The van der Waals surface area contributed by atoms with Crippen LogP contribution >= 0.6 is 0 Å². The molecule has 57 heavy (non-hydrogen) atoms. The van der Waals surface area contributed by atoms with E-state index in [1.54, 1.807) is 4.90 Å². The minimum absolute atomic E-state index is 0.00899. The zero-order valence-corrected chi connectivity index (χ0v) is 30.9. The summed E-state index contributed by atoms with van der Waals surface area (Å²) in [6, 6.07) is 60.8. The molecule has 0 aromatic heterocycles. The zero-order valence-electron chi connectivity index (χ0n) is 37.9. The fourth-order valence-electron chi connectivity index (χ4n) is 7.65. The minimum Gasteiger partial charge on any atom is -0.310 e. The molecule has 0 atom stereocenters. The summed E-state index contributed by atoms with van der Waals surface area (Å²) < 4.78 is 67.4. The van der Waals surface area contributed by atoms with E-state index >= 15 is 0 Å². The Morgan fingerprint density at radius 1 is 0.333 bits per heavy atom. The monoisotopic (exact) mass is 732 g/mol. The molecule has 0 saturated heterocycles. The van der Waals surface area contributed by atoms with Gasteiger partial charge in [-0.25, -0.2) is 0 Å². The molecule has 0 radical (unpaired) electrons.